The first-order valence-corrected chi connectivity index (χ1v) is 7.54. The third kappa shape index (κ3) is 2.33. The van der Waals surface area contributed by atoms with Gasteiger partial charge in [0.2, 0.25) is 5.95 Å². The number of tetrazole rings is 1. The summed E-state index contributed by atoms with van der Waals surface area (Å²) in [6.45, 7) is 0. The van der Waals surface area contributed by atoms with Gasteiger partial charge in [0.15, 0.2) is 0 Å². The zero-order chi connectivity index (χ0) is 14.9. The van der Waals surface area contributed by atoms with Crippen LogP contribution in [0.2, 0.25) is 5.02 Å². The van der Waals surface area contributed by atoms with Crippen LogP contribution in [0.15, 0.2) is 54.6 Å². The highest BCUT2D eigenvalue weighted by molar-refractivity contribution is 6.30. The molecule has 0 saturated carbocycles. The van der Waals surface area contributed by atoms with Gasteiger partial charge in [0.25, 0.3) is 0 Å². The highest BCUT2D eigenvalue weighted by atomic mass is 35.5. The van der Waals surface area contributed by atoms with Crippen molar-refractivity contribution >= 4 is 17.5 Å². The van der Waals surface area contributed by atoms with E-state index in [1.807, 2.05) is 47.1 Å². The molecule has 22 heavy (non-hydrogen) atoms. The lowest BCUT2D eigenvalue weighted by Crippen LogP contribution is -2.28. The number of anilines is 1. The van der Waals surface area contributed by atoms with E-state index in [2.05, 4.69) is 33.0 Å². The number of benzene rings is 2. The summed E-state index contributed by atoms with van der Waals surface area (Å²) in [7, 11) is 0. The summed E-state index contributed by atoms with van der Waals surface area (Å²) in [5.41, 5.74) is 2.39. The number of rotatable bonds is 2. The van der Waals surface area contributed by atoms with Gasteiger partial charge in [-0.05, 0) is 40.1 Å². The van der Waals surface area contributed by atoms with E-state index in [-0.39, 0.29) is 12.1 Å². The molecule has 0 spiro atoms. The molecule has 6 heteroatoms. The Morgan fingerprint density at radius 1 is 1.00 bits per heavy atom. The summed E-state index contributed by atoms with van der Waals surface area (Å²) in [6, 6.07) is 18.5. The minimum Gasteiger partial charge on any atom is -0.346 e. The fourth-order valence-corrected chi connectivity index (χ4v) is 3.03. The Morgan fingerprint density at radius 3 is 2.55 bits per heavy atom. The highest BCUT2D eigenvalue weighted by Gasteiger charge is 2.30. The summed E-state index contributed by atoms with van der Waals surface area (Å²) in [4.78, 5) is 0. The molecule has 2 aromatic carbocycles. The van der Waals surface area contributed by atoms with Gasteiger partial charge < -0.3 is 5.32 Å². The van der Waals surface area contributed by atoms with E-state index >= 15 is 0 Å². The quantitative estimate of drug-likeness (QED) is 0.787. The van der Waals surface area contributed by atoms with E-state index < -0.39 is 0 Å². The normalized spacial score (nSPS) is 20.2. The summed E-state index contributed by atoms with van der Waals surface area (Å²) >= 11 is 5.98. The van der Waals surface area contributed by atoms with Crippen LogP contribution >= 0.6 is 11.6 Å². The third-order valence-corrected chi connectivity index (χ3v) is 4.26. The molecule has 0 fully saturated rings. The lowest BCUT2D eigenvalue weighted by atomic mass is 9.93. The van der Waals surface area contributed by atoms with Crippen LogP contribution < -0.4 is 5.32 Å². The van der Waals surface area contributed by atoms with Gasteiger partial charge in [-0.15, -0.1) is 0 Å². The summed E-state index contributed by atoms with van der Waals surface area (Å²) in [5, 5.41) is 16.2. The van der Waals surface area contributed by atoms with Crippen molar-refractivity contribution in [2.24, 2.45) is 0 Å². The van der Waals surface area contributed by atoms with Crippen molar-refractivity contribution in [3.05, 3.63) is 70.7 Å². The fraction of sp³-hybridized carbons (Fsp3) is 0.188. The first kappa shape index (κ1) is 13.3. The zero-order valence-corrected chi connectivity index (χ0v) is 12.5. The maximum Gasteiger partial charge on any atom is 0.243 e. The van der Waals surface area contributed by atoms with Crippen LogP contribution in [-0.4, -0.2) is 20.2 Å². The lowest BCUT2D eigenvalue weighted by Gasteiger charge is -2.31. The standard InChI is InChI=1S/C16H14ClN5/c17-13-8-6-11(7-9-13)14-10-15(12-4-2-1-3-5-12)22-16(18-14)19-20-21-22/h1-9,14-15H,10H2,(H,18,19,21)/t14-,15+/m1/s1. The second-order valence-electron chi connectivity index (χ2n) is 5.36. The molecular formula is C16H14ClN5. The van der Waals surface area contributed by atoms with Crippen molar-refractivity contribution in [3.63, 3.8) is 0 Å². The maximum absolute atomic E-state index is 5.98. The Morgan fingerprint density at radius 2 is 1.77 bits per heavy atom. The number of hydrogen-bond acceptors (Lipinski definition) is 4. The van der Waals surface area contributed by atoms with Gasteiger partial charge in [-0.3, -0.25) is 0 Å². The predicted octanol–water partition coefficient (Wildman–Crippen LogP) is 3.47. The second-order valence-corrected chi connectivity index (χ2v) is 5.79. The molecule has 2 atom stereocenters. The van der Waals surface area contributed by atoms with Crippen LogP contribution in [0.4, 0.5) is 5.95 Å². The molecule has 0 radical (unpaired) electrons. The molecule has 2 heterocycles. The van der Waals surface area contributed by atoms with E-state index in [1.165, 1.54) is 11.1 Å². The van der Waals surface area contributed by atoms with Gasteiger partial charge in [0.1, 0.15) is 0 Å². The number of nitrogens with one attached hydrogen (secondary N) is 1. The van der Waals surface area contributed by atoms with Gasteiger partial charge in [0.05, 0.1) is 12.1 Å². The Labute approximate surface area is 132 Å². The largest absolute Gasteiger partial charge is 0.346 e. The van der Waals surface area contributed by atoms with Crippen LogP contribution in [0.1, 0.15) is 29.6 Å². The molecule has 5 nitrogen and oxygen atoms in total. The molecule has 0 amide bonds. The van der Waals surface area contributed by atoms with Gasteiger partial charge in [-0.25, -0.2) is 4.68 Å². The molecule has 0 unspecified atom stereocenters. The lowest BCUT2D eigenvalue weighted by molar-refractivity contribution is 0.424. The molecule has 1 N–H and O–H groups in total. The van der Waals surface area contributed by atoms with Gasteiger partial charge in [-0.1, -0.05) is 59.2 Å². The van der Waals surface area contributed by atoms with Crippen molar-refractivity contribution in [2.45, 2.75) is 18.5 Å². The minimum atomic E-state index is 0.119. The first-order chi connectivity index (χ1) is 10.8. The summed E-state index contributed by atoms with van der Waals surface area (Å²) in [5.74, 6) is 0.694. The molecular weight excluding hydrogens is 298 g/mol. The van der Waals surface area contributed by atoms with Crippen LogP contribution in [0.3, 0.4) is 0 Å². The van der Waals surface area contributed by atoms with Crippen LogP contribution in [-0.2, 0) is 0 Å². The van der Waals surface area contributed by atoms with Crippen molar-refractivity contribution in [1.82, 2.24) is 20.2 Å². The monoisotopic (exact) mass is 311 g/mol. The van der Waals surface area contributed by atoms with E-state index in [0.717, 1.165) is 11.4 Å². The van der Waals surface area contributed by atoms with E-state index in [9.17, 15) is 0 Å². The SMILES string of the molecule is Clc1ccc([C@H]2C[C@@H](c3ccccc3)n3nnnc3N2)cc1. The van der Waals surface area contributed by atoms with Gasteiger partial charge in [-0.2, -0.15) is 0 Å². The fourth-order valence-electron chi connectivity index (χ4n) is 2.90. The van der Waals surface area contributed by atoms with Gasteiger partial charge in [0, 0.05) is 5.02 Å². The van der Waals surface area contributed by atoms with E-state index in [4.69, 9.17) is 11.6 Å². The first-order valence-electron chi connectivity index (χ1n) is 7.16. The van der Waals surface area contributed by atoms with Crippen LogP contribution in [0.25, 0.3) is 0 Å². The van der Waals surface area contributed by atoms with E-state index in [0.29, 0.717) is 5.95 Å². The predicted molar refractivity (Wildman–Crippen MR) is 84.8 cm³/mol. The van der Waals surface area contributed by atoms with Crippen molar-refractivity contribution < 1.29 is 0 Å². The summed E-state index contributed by atoms with van der Waals surface area (Å²) < 4.78 is 1.85. The molecule has 110 valence electrons. The number of hydrogen-bond donors (Lipinski definition) is 1. The van der Waals surface area contributed by atoms with Crippen molar-refractivity contribution in [2.75, 3.05) is 5.32 Å². The van der Waals surface area contributed by atoms with Crippen molar-refractivity contribution in [3.8, 4) is 0 Å². The average Bonchev–Trinajstić information content (AvgIpc) is 3.04. The molecule has 4 rings (SSSR count). The molecule has 0 aliphatic carbocycles. The zero-order valence-electron chi connectivity index (χ0n) is 11.7. The topological polar surface area (TPSA) is 55.6 Å². The number of halogens is 1. The van der Waals surface area contributed by atoms with Gasteiger partial charge >= 0.3 is 0 Å². The smallest absolute Gasteiger partial charge is 0.243 e. The molecule has 0 saturated heterocycles. The Hall–Kier alpha value is -2.40. The Kier molecular flexibility index (Phi) is 3.27. The molecule has 3 aromatic rings. The third-order valence-electron chi connectivity index (χ3n) is 4.01. The highest BCUT2D eigenvalue weighted by Crippen LogP contribution is 2.36. The second kappa shape index (κ2) is 5.42. The number of aromatic nitrogens is 4. The Balaban J connectivity index is 1.72. The van der Waals surface area contributed by atoms with Crippen LogP contribution in [0.5, 0.6) is 0 Å². The van der Waals surface area contributed by atoms with Crippen LogP contribution in [0, 0.1) is 0 Å². The number of nitrogens with zero attached hydrogens (tertiary/aromatic N) is 4. The Bertz CT molecular complexity index is 769. The summed E-state index contributed by atoms with van der Waals surface area (Å²) in [6.07, 6.45) is 0.879. The number of fused-ring (bicyclic) bond motifs is 1. The minimum absolute atomic E-state index is 0.119. The molecule has 1 aliphatic heterocycles. The molecule has 1 aliphatic rings. The molecule has 1 aromatic heterocycles. The average molecular weight is 312 g/mol. The molecule has 0 bridgehead atoms. The van der Waals surface area contributed by atoms with Crippen molar-refractivity contribution in [1.29, 1.82) is 0 Å². The van der Waals surface area contributed by atoms with E-state index in [1.54, 1.807) is 0 Å². The maximum atomic E-state index is 5.98.